The van der Waals surface area contributed by atoms with Crippen LogP contribution in [0.25, 0.3) is 5.52 Å². The van der Waals surface area contributed by atoms with Gasteiger partial charge in [0.05, 0.1) is 15.0 Å². The van der Waals surface area contributed by atoms with E-state index in [1.807, 2.05) is 0 Å². The summed E-state index contributed by atoms with van der Waals surface area (Å²) in [7, 11) is 0. The molecular formula is C22H30N6O7. The van der Waals surface area contributed by atoms with Gasteiger partial charge >= 0.3 is 12.1 Å². The topological polar surface area (TPSA) is 194 Å². The summed E-state index contributed by atoms with van der Waals surface area (Å²) >= 11 is 0. The Bertz CT molecular complexity index is 1220. The van der Waals surface area contributed by atoms with Crippen molar-refractivity contribution in [1.29, 1.82) is 5.26 Å². The van der Waals surface area contributed by atoms with E-state index < -0.39 is 60.1 Å². The fourth-order valence-corrected chi connectivity index (χ4v) is 3.70. The first-order valence-electron chi connectivity index (χ1n) is 11.8. The number of fused-ring (bicyclic) bond motifs is 1. The molecule has 0 aromatic carbocycles. The number of nitriles is 1. The lowest BCUT2D eigenvalue weighted by atomic mass is 9.92. The average molecular weight is 493 g/mol. The molecular weight excluding hydrogens is 460 g/mol. The minimum atomic E-state index is -3.16. The number of hydrogen-bond donors (Lipinski definition) is 4. The molecule has 190 valence electrons. The number of ether oxygens (including phenoxy) is 3. The van der Waals surface area contributed by atoms with Gasteiger partial charge in [-0.1, -0.05) is 13.8 Å². The number of aliphatic hydroxyl groups excluding tert-OH is 1. The number of rotatable bonds is 6. The van der Waals surface area contributed by atoms with Crippen molar-refractivity contribution in [1.82, 2.24) is 19.9 Å². The number of carbonyl (C=O) groups is 2. The molecule has 2 aromatic rings. The van der Waals surface area contributed by atoms with Gasteiger partial charge in [0.25, 0.3) is 0 Å². The van der Waals surface area contributed by atoms with E-state index in [0.29, 0.717) is 0 Å². The molecule has 5 atom stereocenters. The summed E-state index contributed by atoms with van der Waals surface area (Å²) in [6, 6.07) is 3.35. The van der Waals surface area contributed by atoms with Crippen molar-refractivity contribution in [3.05, 3.63) is 24.2 Å². The van der Waals surface area contributed by atoms with Crippen LogP contribution in [0.2, 0.25) is 0 Å². The van der Waals surface area contributed by atoms with Gasteiger partial charge in [-0.15, -0.1) is 0 Å². The average Bonchev–Trinajstić information content (AvgIpc) is 3.32. The Balaban J connectivity index is 1.98. The van der Waals surface area contributed by atoms with Gasteiger partial charge in [-0.3, -0.25) is 0 Å². The molecule has 0 aliphatic carbocycles. The fraction of sp³-hybridized carbons (Fsp3) is 0.591. The molecule has 0 spiro atoms. The van der Waals surface area contributed by atoms with E-state index in [1.165, 1.54) is 16.6 Å². The molecule has 5 N–H and O–H groups in total. The van der Waals surface area contributed by atoms with E-state index in [9.17, 15) is 25.1 Å². The summed E-state index contributed by atoms with van der Waals surface area (Å²) in [5.41, 5.74) is 2.88. The van der Waals surface area contributed by atoms with Gasteiger partial charge in [-0.25, -0.2) is 19.1 Å². The van der Waals surface area contributed by atoms with E-state index in [-0.39, 0.29) is 17.0 Å². The van der Waals surface area contributed by atoms with Gasteiger partial charge in [0.15, 0.2) is 11.9 Å². The molecule has 0 radical (unpaired) electrons. The predicted molar refractivity (Wildman–Crippen MR) is 121 cm³/mol. The van der Waals surface area contributed by atoms with Crippen LogP contribution >= 0.6 is 0 Å². The Morgan fingerprint density at radius 2 is 2.14 bits per heavy atom. The second-order valence-electron chi connectivity index (χ2n) is 9.39. The molecule has 3 heterocycles. The van der Waals surface area contributed by atoms with Crippen molar-refractivity contribution in [2.75, 3.05) is 12.3 Å². The lowest BCUT2D eigenvalue weighted by Gasteiger charge is -2.28. The summed E-state index contributed by atoms with van der Waals surface area (Å²) < 4.78 is 33.0. The molecule has 1 aliphatic heterocycles. The van der Waals surface area contributed by atoms with Crippen LogP contribution in [-0.4, -0.2) is 73.4 Å². The van der Waals surface area contributed by atoms with E-state index >= 15 is 0 Å². The maximum absolute atomic E-state index is 13.1. The maximum Gasteiger partial charge on any atom is 0.408 e. The molecule has 0 unspecified atom stereocenters. The maximum atomic E-state index is 13.1. The third-order valence-corrected chi connectivity index (χ3v) is 5.34. The lowest BCUT2D eigenvalue weighted by molar-refractivity contribution is -0.160. The highest BCUT2D eigenvalue weighted by Crippen LogP contribution is 2.41. The monoisotopic (exact) mass is 492 g/mol. The van der Waals surface area contributed by atoms with Gasteiger partial charge in [-0.05, 0) is 38.8 Å². The van der Waals surface area contributed by atoms with E-state index in [1.54, 1.807) is 40.7 Å². The Kier molecular flexibility index (Phi) is 6.42. The molecule has 0 bridgehead atoms. The molecule has 1 fully saturated rings. The SMILES string of the molecule is [2H]C([2H])(O)[C@H]1O[C@@](C#N)(c2ccc3c(N)ncnn23)[C@H](O)[C@@H]1OC(=O)[C@@H](NC(=O)OC(C)(C)C)C(C)C. The first-order valence-corrected chi connectivity index (χ1v) is 10.8. The summed E-state index contributed by atoms with van der Waals surface area (Å²) in [6.07, 6.45) is -5.64. The van der Waals surface area contributed by atoms with Crippen LogP contribution in [0.1, 0.15) is 43.1 Å². The molecule has 3 rings (SSSR count). The van der Waals surface area contributed by atoms with Crippen molar-refractivity contribution in [2.24, 2.45) is 5.92 Å². The van der Waals surface area contributed by atoms with Gasteiger partial charge in [0.1, 0.15) is 41.8 Å². The zero-order valence-corrected chi connectivity index (χ0v) is 19.9. The molecule has 13 nitrogen and oxygen atoms in total. The number of nitrogens with zero attached hydrogens (tertiary/aromatic N) is 4. The highest BCUT2D eigenvalue weighted by molar-refractivity contribution is 5.82. The number of alkyl carbamates (subject to hydrolysis) is 1. The Morgan fingerprint density at radius 3 is 2.71 bits per heavy atom. The minimum Gasteiger partial charge on any atom is -0.455 e. The first-order chi connectivity index (χ1) is 17.0. The van der Waals surface area contributed by atoms with Crippen LogP contribution in [0.3, 0.4) is 0 Å². The summed E-state index contributed by atoms with van der Waals surface area (Å²) in [6.45, 7) is 4.99. The van der Waals surface area contributed by atoms with E-state index in [2.05, 4.69) is 15.4 Å². The predicted octanol–water partition coefficient (Wildman–Crippen LogP) is 0.243. The van der Waals surface area contributed by atoms with Crippen LogP contribution in [0.5, 0.6) is 0 Å². The number of esters is 1. The third kappa shape index (κ3) is 5.00. The first kappa shape index (κ1) is 23.3. The van der Waals surface area contributed by atoms with Crippen LogP contribution in [0.15, 0.2) is 18.5 Å². The lowest BCUT2D eigenvalue weighted by Crippen LogP contribution is -2.50. The number of amides is 1. The van der Waals surface area contributed by atoms with Crippen LogP contribution in [0, 0.1) is 17.2 Å². The van der Waals surface area contributed by atoms with Gasteiger partial charge in [-0.2, -0.15) is 10.4 Å². The molecule has 1 amide bonds. The second-order valence-corrected chi connectivity index (χ2v) is 9.39. The normalized spacial score (nSPS) is 26.5. The second kappa shape index (κ2) is 9.65. The minimum absolute atomic E-state index is 0.0619. The molecule has 35 heavy (non-hydrogen) atoms. The van der Waals surface area contributed by atoms with Gasteiger partial charge < -0.3 is 35.5 Å². The molecule has 1 aliphatic rings. The third-order valence-electron chi connectivity index (χ3n) is 5.34. The highest BCUT2D eigenvalue weighted by atomic mass is 16.6. The Labute approximate surface area is 204 Å². The zero-order valence-electron chi connectivity index (χ0n) is 21.9. The smallest absolute Gasteiger partial charge is 0.408 e. The molecule has 1 saturated heterocycles. The molecule has 13 heteroatoms. The number of nitrogen functional groups attached to an aromatic ring is 1. The Morgan fingerprint density at radius 1 is 1.46 bits per heavy atom. The zero-order chi connectivity index (χ0) is 27.9. The van der Waals surface area contributed by atoms with Crippen LogP contribution in [-0.2, 0) is 24.6 Å². The van der Waals surface area contributed by atoms with Crippen molar-refractivity contribution >= 4 is 23.4 Å². The summed E-state index contributed by atoms with van der Waals surface area (Å²) in [4.78, 5) is 29.2. The van der Waals surface area contributed by atoms with Crippen LogP contribution in [0.4, 0.5) is 10.6 Å². The molecule has 0 saturated carbocycles. The van der Waals surface area contributed by atoms with Crippen LogP contribution < -0.4 is 11.1 Å². The number of nitrogens with two attached hydrogens (primary N) is 1. The number of hydrogen-bond acceptors (Lipinski definition) is 11. The van der Waals surface area contributed by atoms with Crippen molar-refractivity contribution in [3.63, 3.8) is 0 Å². The number of nitrogens with one attached hydrogen (secondary N) is 1. The number of carbonyl (C=O) groups excluding carboxylic acids is 2. The van der Waals surface area contributed by atoms with Crippen molar-refractivity contribution < 1.29 is 36.8 Å². The quantitative estimate of drug-likeness (QED) is 0.403. The Hall–Kier alpha value is -3.47. The standard InChI is InChI=1S/C22H30N6O7/c1-11(2)15(27-20(32)35-21(3,4)5)19(31)33-16-13(8-29)34-22(9-23,17(16)30)14-7-6-12-18(24)25-10-26-28(12)14/h6-7,10-11,13,15-17,29-30H,8H2,1-5H3,(H,27,32)(H2,24,25,26)/t13-,15+,16-,17-,22+/m1/s1/i8D2. The van der Waals surface area contributed by atoms with Gasteiger partial charge in [0, 0.05) is 0 Å². The van der Waals surface area contributed by atoms with Crippen molar-refractivity contribution in [3.8, 4) is 6.07 Å². The highest BCUT2D eigenvalue weighted by Gasteiger charge is 2.59. The van der Waals surface area contributed by atoms with Crippen molar-refractivity contribution in [2.45, 2.75) is 70.2 Å². The molecule has 2 aromatic heterocycles. The number of anilines is 1. The fourth-order valence-electron chi connectivity index (χ4n) is 3.70. The number of aromatic nitrogens is 3. The van der Waals surface area contributed by atoms with E-state index in [4.69, 9.17) is 22.7 Å². The van der Waals surface area contributed by atoms with Gasteiger partial charge in [0.2, 0.25) is 5.60 Å². The largest absolute Gasteiger partial charge is 0.455 e. The summed E-state index contributed by atoms with van der Waals surface area (Å²) in [5.74, 6) is -1.52. The van der Waals surface area contributed by atoms with E-state index in [0.717, 1.165) is 6.33 Å². The number of aliphatic hydroxyl groups is 2. The summed E-state index contributed by atoms with van der Waals surface area (Å²) in [5, 5.41) is 37.9.